The van der Waals surface area contributed by atoms with Gasteiger partial charge < -0.3 is 24.7 Å². The van der Waals surface area contributed by atoms with Crippen LogP contribution in [0.3, 0.4) is 0 Å². The molecule has 1 unspecified atom stereocenters. The maximum Gasteiger partial charge on any atom is 0.243 e. The van der Waals surface area contributed by atoms with Crippen molar-refractivity contribution >= 4 is 35.8 Å². The number of amides is 1. The highest BCUT2D eigenvalue weighted by atomic mass is 127. The molecule has 2 rings (SSSR count). The summed E-state index contributed by atoms with van der Waals surface area (Å²) < 4.78 is 10.8. The number of aliphatic imine (C=N–C) groups is 1. The summed E-state index contributed by atoms with van der Waals surface area (Å²) in [7, 11) is 5.12. The molecule has 1 aromatic heterocycles. The summed E-state index contributed by atoms with van der Waals surface area (Å²) >= 11 is 0. The third kappa shape index (κ3) is 8.36. The maximum absolute atomic E-state index is 11.9. The molecule has 1 amide bonds. The van der Waals surface area contributed by atoms with Crippen LogP contribution >= 0.6 is 24.0 Å². The Morgan fingerprint density at radius 3 is 2.68 bits per heavy atom. The average Bonchev–Trinajstić information content (AvgIpc) is 3.20. The van der Waals surface area contributed by atoms with Crippen LogP contribution in [0.2, 0.25) is 0 Å². The number of halogens is 1. The topological polar surface area (TPSA) is 82.3 Å². The summed E-state index contributed by atoms with van der Waals surface area (Å²) in [5.74, 6) is 1.52. The Kier molecular flexibility index (Phi) is 12.2. The normalized spacial score (nSPS) is 16.2. The molecule has 1 saturated heterocycles. The molecule has 28 heavy (non-hydrogen) atoms. The summed E-state index contributed by atoms with van der Waals surface area (Å²) in [5, 5.41) is 6.58. The second-order valence-corrected chi connectivity index (χ2v) is 6.88. The van der Waals surface area contributed by atoms with Crippen molar-refractivity contribution in [2.24, 2.45) is 4.99 Å². The van der Waals surface area contributed by atoms with E-state index in [0.29, 0.717) is 25.7 Å². The molecule has 1 fully saturated rings. The Hall–Kier alpha value is -1.33. The van der Waals surface area contributed by atoms with E-state index >= 15 is 0 Å². The Morgan fingerprint density at radius 1 is 1.32 bits per heavy atom. The van der Waals surface area contributed by atoms with Crippen LogP contribution in [0.15, 0.2) is 27.8 Å². The minimum atomic E-state index is -0.0403. The number of hydrogen-bond acceptors (Lipinski definition) is 5. The van der Waals surface area contributed by atoms with Gasteiger partial charge in [0, 0.05) is 34.3 Å². The molecule has 2 heterocycles. The van der Waals surface area contributed by atoms with E-state index in [4.69, 9.17) is 9.15 Å². The van der Waals surface area contributed by atoms with Crippen LogP contribution in [0.25, 0.3) is 0 Å². The summed E-state index contributed by atoms with van der Waals surface area (Å²) in [5.41, 5.74) is 0. The van der Waals surface area contributed by atoms with Gasteiger partial charge in [0.2, 0.25) is 5.91 Å². The third-order valence-electron chi connectivity index (χ3n) is 4.64. The number of methoxy groups -OCH3 is 1. The van der Waals surface area contributed by atoms with Crippen molar-refractivity contribution in [2.45, 2.75) is 25.3 Å². The van der Waals surface area contributed by atoms with E-state index in [1.165, 1.54) is 24.2 Å². The molecule has 0 spiro atoms. The van der Waals surface area contributed by atoms with Gasteiger partial charge in [0.25, 0.3) is 0 Å². The molecule has 0 bridgehead atoms. The van der Waals surface area contributed by atoms with Gasteiger partial charge >= 0.3 is 0 Å². The number of nitrogens with zero attached hydrogens (tertiary/aromatic N) is 3. The van der Waals surface area contributed by atoms with Crippen molar-refractivity contribution in [2.75, 3.05) is 60.5 Å². The van der Waals surface area contributed by atoms with Crippen molar-refractivity contribution in [1.29, 1.82) is 0 Å². The highest BCUT2D eigenvalue weighted by Gasteiger charge is 2.24. The molecule has 9 heteroatoms. The quantitative estimate of drug-likeness (QED) is 0.229. The highest BCUT2D eigenvalue weighted by Crippen LogP contribution is 2.24. The van der Waals surface area contributed by atoms with Crippen molar-refractivity contribution in [3.63, 3.8) is 0 Å². The van der Waals surface area contributed by atoms with E-state index in [0.717, 1.165) is 18.8 Å². The van der Waals surface area contributed by atoms with Crippen LogP contribution in [0.4, 0.5) is 0 Å². The summed E-state index contributed by atoms with van der Waals surface area (Å²) in [6.45, 7) is 4.07. The van der Waals surface area contributed by atoms with Crippen molar-refractivity contribution in [1.82, 2.24) is 20.4 Å². The molecule has 0 aromatic carbocycles. The van der Waals surface area contributed by atoms with Gasteiger partial charge in [-0.1, -0.05) is 6.42 Å². The second kappa shape index (κ2) is 13.8. The second-order valence-electron chi connectivity index (χ2n) is 6.88. The minimum Gasteiger partial charge on any atom is -0.468 e. The molecule has 0 saturated carbocycles. The number of carbonyl (C=O) groups excluding carboxylic acids is 1. The van der Waals surface area contributed by atoms with Gasteiger partial charge in [-0.15, -0.1) is 24.0 Å². The highest BCUT2D eigenvalue weighted by molar-refractivity contribution is 14.0. The lowest BCUT2D eigenvalue weighted by Crippen LogP contribution is -2.45. The molecule has 0 aliphatic carbocycles. The molecule has 1 atom stereocenters. The number of likely N-dealkylation sites (tertiary alicyclic amines) is 1. The monoisotopic (exact) mass is 507 g/mol. The Labute approximate surface area is 185 Å². The molecule has 1 aromatic rings. The summed E-state index contributed by atoms with van der Waals surface area (Å²) in [4.78, 5) is 20.3. The van der Waals surface area contributed by atoms with Gasteiger partial charge in [0.05, 0.1) is 18.9 Å². The molecule has 1 aliphatic heterocycles. The smallest absolute Gasteiger partial charge is 0.243 e. The standard InChI is InChI=1S/C19H33N5O3.HI/c1-23(2)18(25)15-22-19(20-9-13-26-3)21-14-16(17-8-7-12-27-17)24-10-5-4-6-11-24;/h7-8,12,16H,4-6,9-11,13-15H2,1-3H3,(H2,20,21,22);1H. The third-order valence-corrected chi connectivity index (χ3v) is 4.64. The van der Waals surface area contributed by atoms with Crippen molar-refractivity contribution in [3.05, 3.63) is 24.2 Å². The summed E-state index contributed by atoms with van der Waals surface area (Å²) in [6, 6.07) is 4.08. The first-order chi connectivity index (χ1) is 13.1. The van der Waals surface area contributed by atoms with E-state index < -0.39 is 0 Å². The average molecular weight is 507 g/mol. The predicted molar refractivity (Wildman–Crippen MR) is 121 cm³/mol. The van der Waals surface area contributed by atoms with Crippen LogP contribution in [0.5, 0.6) is 0 Å². The van der Waals surface area contributed by atoms with Gasteiger partial charge in [-0.25, -0.2) is 4.99 Å². The van der Waals surface area contributed by atoms with Crippen LogP contribution in [-0.2, 0) is 9.53 Å². The lowest BCUT2D eigenvalue weighted by molar-refractivity contribution is -0.127. The van der Waals surface area contributed by atoms with Gasteiger partial charge in [0.1, 0.15) is 12.3 Å². The van der Waals surface area contributed by atoms with E-state index in [-0.39, 0.29) is 42.5 Å². The van der Waals surface area contributed by atoms with Gasteiger partial charge in [-0.2, -0.15) is 0 Å². The fraction of sp³-hybridized carbons (Fsp3) is 0.684. The van der Waals surface area contributed by atoms with Crippen molar-refractivity contribution < 1.29 is 13.9 Å². The molecule has 2 N–H and O–H groups in total. The van der Waals surface area contributed by atoms with Gasteiger partial charge in [-0.05, 0) is 38.1 Å². The minimum absolute atomic E-state index is 0. The van der Waals surface area contributed by atoms with E-state index in [9.17, 15) is 4.79 Å². The zero-order valence-corrected chi connectivity index (χ0v) is 19.5. The Balaban J connectivity index is 0.00000392. The zero-order valence-electron chi connectivity index (χ0n) is 17.1. The molecular weight excluding hydrogens is 473 g/mol. The first kappa shape index (κ1) is 24.7. The van der Waals surface area contributed by atoms with Crippen LogP contribution in [-0.4, -0.2) is 82.2 Å². The number of guanidine groups is 1. The van der Waals surface area contributed by atoms with E-state index in [1.807, 2.05) is 12.1 Å². The number of hydrogen-bond donors (Lipinski definition) is 2. The number of nitrogens with one attached hydrogen (secondary N) is 2. The fourth-order valence-electron chi connectivity index (χ4n) is 3.05. The lowest BCUT2D eigenvalue weighted by Gasteiger charge is -2.33. The number of rotatable bonds is 9. The molecule has 8 nitrogen and oxygen atoms in total. The molecule has 0 radical (unpaired) electrons. The van der Waals surface area contributed by atoms with Crippen LogP contribution in [0.1, 0.15) is 31.1 Å². The lowest BCUT2D eigenvalue weighted by atomic mass is 10.1. The van der Waals surface area contributed by atoms with E-state index in [1.54, 1.807) is 27.5 Å². The largest absolute Gasteiger partial charge is 0.468 e. The Morgan fingerprint density at radius 2 is 2.07 bits per heavy atom. The van der Waals surface area contributed by atoms with Gasteiger partial charge in [-0.3, -0.25) is 9.69 Å². The Bertz CT molecular complexity index is 574. The van der Waals surface area contributed by atoms with Crippen LogP contribution < -0.4 is 10.6 Å². The number of piperidine rings is 1. The fourth-order valence-corrected chi connectivity index (χ4v) is 3.05. The van der Waals surface area contributed by atoms with Crippen LogP contribution in [0, 0.1) is 0 Å². The first-order valence-corrected chi connectivity index (χ1v) is 9.60. The molecular formula is C19H34IN5O3. The maximum atomic E-state index is 11.9. The number of carbonyl (C=O) groups is 1. The number of furan rings is 1. The molecule has 1 aliphatic rings. The number of ether oxygens (including phenoxy) is 1. The molecule has 160 valence electrons. The number of likely N-dealkylation sites (N-methyl/N-ethyl adjacent to an activating group) is 1. The first-order valence-electron chi connectivity index (χ1n) is 9.60. The predicted octanol–water partition coefficient (Wildman–Crippen LogP) is 1.69. The summed E-state index contributed by atoms with van der Waals surface area (Å²) in [6.07, 6.45) is 5.42. The zero-order chi connectivity index (χ0) is 19.5. The van der Waals surface area contributed by atoms with E-state index in [2.05, 4.69) is 20.5 Å². The van der Waals surface area contributed by atoms with Crippen molar-refractivity contribution in [3.8, 4) is 0 Å². The SMILES string of the molecule is COCCNC(=NCC(=O)N(C)C)NCC(c1ccco1)N1CCCCC1.I. The van der Waals surface area contributed by atoms with Gasteiger partial charge in [0.15, 0.2) is 5.96 Å².